The van der Waals surface area contributed by atoms with E-state index in [2.05, 4.69) is 15.5 Å². The molecule has 0 bridgehead atoms. The first-order valence-corrected chi connectivity index (χ1v) is 10.6. The number of hydrogen-bond donors (Lipinski definition) is 3. The Bertz CT molecular complexity index is 1140. The van der Waals surface area contributed by atoms with E-state index in [-0.39, 0.29) is 37.8 Å². The van der Waals surface area contributed by atoms with Gasteiger partial charge >= 0.3 is 6.18 Å². The number of halogens is 3. The third-order valence-corrected chi connectivity index (χ3v) is 5.14. The molecule has 34 heavy (non-hydrogen) atoms. The Balaban J connectivity index is 1.46. The molecular formula is C22H23F3N4O4S. The molecule has 3 rings (SSSR count). The first kappa shape index (κ1) is 25.2. The molecule has 3 N–H and O–H groups in total. The van der Waals surface area contributed by atoms with Crippen molar-refractivity contribution in [1.29, 1.82) is 0 Å². The minimum Gasteiger partial charge on any atom is -0.497 e. The fraction of sp³-hybridized carbons (Fsp3) is 0.318. The highest BCUT2D eigenvalue weighted by molar-refractivity contribution is 7.71. The molecule has 0 aliphatic rings. The number of aromatic amines is 1. The fourth-order valence-corrected chi connectivity index (χ4v) is 3.23. The summed E-state index contributed by atoms with van der Waals surface area (Å²) in [6.07, 6.45) is -5.39. The molecule has 1 amide bonds. The van der Waals surface area contributed by atoms with Gasteiger partial charge in [0.2, 0.25) is 5.91 Å². The molecule has 0 fully saturated rings. The normalized spacial score (nSPS) is 12.3. The molecule has 0 radical (unpaired) electrons. The van der Waals surface area contributed by atoms with Crippen LogP contribution in [-0.4, -0.2) is 52.1 Å². The average Bonchev–Trinajstić information content (AvgIpc) is 3.20. The molecule has 0 saturated heterocycles. The number of rotatable bonds is 10. The van der Waals surface area contributed by atoms with E-state index in [1.165, 1.54) is 12.1 Å². The van der Waals surface area contributed by atoms with E-state index in [0.29, 0.717) is 16.3 Å². The second-order valence-electron chi connectivity index (χ2n) is 7.27. The third kappa shape index (κ3) is 6.81. The second kappa shape index (κ2) is 11.2. The van der Waals surface area contributed by atoms with Gasteiger partial charge < -0.3 is 19.9 Å². The summed E-state index contributed by atoms with van der Waals surface area (Å²) in [4.78, 5) is 12.2. The number of amides is 1. The van der Waals surface area contributed by atoms with Crippen LogP contribution in [0.3, 0.4) is 0 Å². The lowest BCUT2D eigenvalue weighted by Crippen LogP contribution is -2.35. The third-order valence-electron chi connectivity index (χ3n) is 4.83. The molecule has 3 aromatic rings. The van der Waals surface area contributed by atoms with Gasteiger partial charge in [-0.2, -0.15) is 18.3 Å². The van der Waals surface area contributed by atoms with E-state index in [1.807, 2.05) is 12.1 Å². The molecule has 1 unspecified atom stereocenters. The first-order valence-electron chi connectivity index (χ1n) is 10.2. The summed E-state index contributed by atoms with van der Waals surface area (Å²) in [5.74, 6) is 1.13. The summed E-state index contributed by atoms with van der Waals surface area (Å²) in [7, 11) is 1.57. The van der Waals surface area contributed by atoms with Crippen LogP contribution in [0.4, 0.5) is 13.2 Å². The highest BCUT2D eigenvalue weighted by atomic mass is 32.1. The number of nitrogens with zero attached hydrogens (tertiary/aromatic N) is 2. The summed E-state index contributed by atoms with van der Waals surface area (Å²) >= 11 is 5.26. The van der Waals surface area contributed by atoms with Gasteiger partial charge in [-0.05, 0) is 60.7 Å². The smallest absolute Gasteiger partial charge is 0.416 e. The Labute approximate surface area is 198 Å². The molecule has 1 heterocycles. The van der Waals surface area contributed by atoms with Crippen LogP contribution in [0.25, 0.3) is 11.4 Å². The zero-order valence-corrected chi connectivity index (χ0v) is 18.9. The number of carbonyl (C=O) groups is 1. The average molecular weight is 497 g/mol. The maximum Gasteiger partial charge on any atom is 0.416 e. The van der Waals surface area contributed by atoms with Crippen LogP contribution in [0.15, 0.2) is 48.5 Å². The molecule has 2 aromatic carbocycles. The quantitative estimate of drug-likeness (QED) is 0.371. The van der Waals surface area contributed by atoms with E-state index in [1.54, 1.807) is 23.8 Å². The number of hydrogen-bond acceptors (Lipinski definition) is 6. The molecule has 1 atom stereocenters. The summed E-state index contributed by atoms with van der Waals surface area (Å²) in [6, 6.07) is 11.4. The van der Waals surface area contributed by atoms with Gasteiger partial charge in [-0.1, -0.05) is 0 Å². The number of nitrogens with one attached hydrogen (secondary N) is 2. The van der Waals surface area contributed by atoms with E-state index >= 15 is 0 Å². The molecule has 182 valence electrons. The van der Waals surface area contributed by atoms with Crippen molar-refractivity contribution >= 4 is 18.1 Å². The van der Waals surface area contributed by atoms with E-state index in [9.17, 15) is 23.1 Å². The monoisotopic (exact) mass is 496 g/mol. The van der Waals surface area contributed by atoms with Gasteiger partial charge in [0.25, 0.3) is 0 Å². The van der Waals surface area contributed by atoms with Gasteiger partial charge in [0.05, 0.1) is 12.7 Å². The van der Waals surface area contributed by atoms with Crippen LogP contribution < -0.4 is 14.8 Å². The van der Waals surface area contributed by atoms with Crippen molar-refractivity contribution in [3.05, 3.63) is 58.9 Å². The first-order chi connectivity index (χ1) is 16.2. The molecule has 0 spiro atoms. The number of alkyl halides is 3. The highest BCUT2D eigenvalue weighted by Gasteiger charge is 2.30. The molecule has 8 nitrogen and oxygen atoms in total. The summed E-state index contributed by atoms with van der Waals surface area (Å²) < 4.78 is 50.2. The maximum atomic E-state index is 12.6. The van der Waals surface area contributed by atoms with Gasteiger partial charge in [-0.25, -0.2) is 0 Å². The lowest BCUT2D eigenvalue weighted by Gasteiger charge is -2.14. The van der Waals surface area contributed by atoms with Crippen LogP contribution >= 0.6 is 12.2 Å². The number of aliphatic hydroxyl groups is 1. The van der Waals surface area contributed by atoms with Crippen LogP contribution in [0, 0.1) is 4.77 Å². The minimum atomic E-state index is -4.43. The molecule has 0 saturated carbocycles. The van der Waals surface area contributed by atoms with E-state index in [4.69, 9.17) is 21.7 Å². The number of ether oxygens (including phenoxy) is 2. The molecular weight excluding hydrogens is 473 g/mol. The Morgan fingerprint density at radius 3 is 2.44 bits per heavy atom. The van der Waals surface area contributed by atoms with Crippen molar-refractivity contribution in [2.45, 2.75) is 25.2 Å². The van der Waals surface area contributed by atoms with Crippen LogP contribution in [0.5, 0.6) is 11.5 Å². The van der Waals surface area contributed by atoms with Gasteiger partial charge in [-0.15, -0.1) is 0 Å². The number of aliphatic hydroxyl groups excluding tert-OH is 1. The van der Waals surface area contributed by atoms with E-state index < -0.39 is 17.8 Å². The lowest BCUT2D eigenvalue weighted by molar-refractivity contribution is -0.137. The maximum absolute atomic E-state index is 12.6. The zero-order chi connectivity index (χ0) is 24.7. The van der Waals surface area contributed by atoms with Crippen molar-refractivity contribution in [1.82, 2.24) is 20.1 Å². The Kier molecular flexibility index (Phi) is 8.29. The largest absolute Gasteiger partial charge is 0.497 e. The van der Waals surface area contributed by atoms with Gasteiger partial charge in [0.15, 0.2) is 10.6 Å². The van der Waals surface area contributed by atoms with Crippen molar-refractivity contribution in [2.75, 3.05) is 20.3 Å². The Morgan fingerprint density at radius 2 is 1.82 bits per heavy atom. The number of carbonyl (C=O) groups excluding carboxylic acids is 1. The van der Waals surface area contributed by atoms with Crippen LogP contribution in [-0.2, 0) is 17.5 Å². The summed E-state index contributed by atoms with van der Waals surface area (Å²) in [5, 5.41) is 19.5. The number of aromatic nitrogens is 3. The number of methoxy groups -OCH3 is 1. The van der Waals surface area contributed by atoms with Crippen molar-refractivity contribution in [3.8, 4) is 22.9 Å². The Hall–Kier alpha value is -3.38. The molecule has 0 aliphatic carbocycles. The molecule has 1 aromatic heterocycles. The predicted octanol–water partition coefficient (Wildman–Crippen LogP) is 3.58. The summed E-state index contributed by atoms with van der Waals surface area (Å²) in [5.41, 5.74) is 0.00457. The molecule has 0 aliphatic heterocycles. The van der Waals surface area contributed by atoms with Gasteiger partial charge in [0.1, 0.15) is 24.2 Å². The van der Waals surface area contributed by atoms with Crippen LogP contribution in [0.2, 0.25) is 0 Å². The van der Waals surface area contributed by atoms with Gasteiger partial charge in [0, 0.05) is 25.1 Å². The Morgan fingerprint density at radius 1 is 1.18 bits per heavy atom. The van der Waals surface area contributed by atoms with Gasteiger partial charge in [-0.3, -0.25) is 14.5 Å². The molecule has 12 heteroatoms. The predicted molar refractivity (Wildman–Crippen MR) is 120 cm³/mol. The highest BCUT2D eigenvalue weighted by Crippen LogP contribution is 2.30. The van der Waals surface area contributed by atoms with E-state index in [0.717, 1.165) is 17.7 Å². The number of benzene rings is 2. The van der Waals surface area contributed by atoms with Crippen molar-refractivity contribution in [2.24, 2.45) is 0 Å². The fourth-order valence-electron chi connectivity index (χ4n) is 3.01. The second-order valence-corrected chi connectivity index (χ2v) is 7.66. The topological polar surface area (TPSA) is 101 Å². The SMILES string of the molecule is COc1ccc(-c2n[nH]c(=S)n2CCC(=O)NCC(O)COc2ccc(C(F)(F)F)cc2)cc1. The number of H-pyrrole nitrogens is 1. The standard InChI is InChI=1S/C22H23F3N4O4S/c1-32-17-6-2-14(3-7-17)20-27-28-21(34)29(20)11-10-19(31)26-12-16(30)13-33-18-8-4-15(5-9-18)22(23,24)25/h2-9,16,30H,10-13H2,1H3,(H,26,31)(H,28,34). The zero-order valence-electron chi connectivity index (χ0n) is 18.1. The van der Waals surface area contributed by atoms with Crippen LogP contribution in [0.1, 0.15) is 12.0 Å². The lowest BCUT2D eigenvalue weighted by atomic mass is 10.2. The summed E-state index contributed by atoms with van der Waals surface area (Å²) in [6.45, 7) is -0.0116. The van der Waals surface area contributed by atoms with Crippen molar-refractivity contribution in [3.63, 3.8) is 0 Å². The minimum absolute atomic E-state index is 0.0818. The van der Waals surface area contributed by atoms with Crippen molar-refractivity contribution < 1.29 is 32.5 Å².